The van der Waals surface area contributed by atoms with Crippen LogP contribution >= 0.6 is 0 Å². The molecule has 10 nitrogen and oxygen atoms in total. The maximum absolute atomic E-state index is 12.1. The van der Waals surface area contributed by atoms with Gasteiger partial charge in [-0.15, -0.1) is 0 Å². The summed E-state index contributed by atoms with van der Waals surface area (Å²) in [7, 11) is 3.10. The fourth-order valence-corrected chi connectivity index (χ4v) is 3.35. The van der Waals surface area contributed by atoms with E-state index in [-0.39, 0.29) is 19.1 Å². The second kappa shape index (κ2) is 14.0. The minimum absolute atomic E-state index is 0.140. The van der Waals surface area contributed by atoms with Gasteiger partial charge in [-0.1, -0.05) is 24.3 Å². The van der Waals surface area contributed by atoms with E-state index < -0.39 is 11.8 Å². The summed E-state index contributed by atoms with van der Waals surface area (Å²) in [5, 5.41) is 9.16. The van der Waals surface area contributed by atoms with Crippen molar-refractivity contribution in [1.29, 1.82) is 0 Å². The Balaban J connectivity index is 1.38. The lowest BCUT2D eigenvalue weighted by molar-refractivity contribution is -0.139. The number of amides is 3. The van der Waals surface area contributed by atoms with E-state index in [9.17, 15) is 14.4 Å². The Morgan fingerprint density at radius 3 is 2.34 bits per heavy atom. The first-order chi connectivity index (χ1) is 18.4. The molecule has 3 amide bonds. The van der Waals surface area contributed by atoms with Gasteiger partial charge in [-0.2, -0.15) is 5.10 Å². The van der Waals surface area contributed by atoms with Crippen LogP contribution in [0.15, 0.2) is 71.8 Å². The minimum atomic E-state index is -0.881. The lowest BCUT2D eigenvalue weighted by Gasteiger charge is -2.10. The van der Waals surface area contributed by atoms with Crippen molar-refractivity contribution in [1.82, 2.24) is 10.7 Å². The molecule has 0 radical (unpaired) electrons. The van der Waals surface area contributed by atoms with Gasteiger partial charge in [0.1, 0.15) is 5.75 Å². The molecule has 0 bridgehead atoms. The van der Waals surface area contributed by atoms with Crippen LogP contribution in [0.2, 0.25) is 0 Å². The average molecular weight is 519 g/mol. The lowest BCUT2D eigenvalue weighted by Crippen LogP contribution is -2.38. The molecule has 198 valence electrons. The predicted molar refractivity (Wildman–Crippen MR) is 144 cm³/mol. The number of methoxy groups -OCH3 is 2. The van der Waals surface area contributed by atoms with Gasteiger partial charge in [0.05, 0.1) is 20.4 Å². The molecule has 3 aromatic carbocycles. The highest BCUT2D eigenvalue weighted by atomic mass is 16.5. The third-order valence-electron chi connectivity index (χ3n) is 5.40. The first-order valence-electron chi connectivity index (χ1n) is 11.8. The number of anilines is 1. The van der Waals surface area contributed by atoms with E-state index in [0.717, 1.165) is 16.8 Å². The summed E-state index contributed by atoms with van der Waals surface area (Å²) in [5.41, 5.74) is 5.47. The van der Waals surface area contributed by atoms with Gasteiger partial charge in [-0.25, -0.2) is 5.43 Å². The average Bonchev–Trinajstić information content (AvgIpc) is 2.93. The maximum atomic E-state index is 12.1. The normalized spacial score (nSPS) is 10.5. The molecule has 10 heteroatoms. The van der Waals surface area contributed by atoms with Crippen molar-refractivity contribution >= 4 is 29.6 Å². The summed E-state index contributed by atoms with van der Waals surface area (Å²) in [6.45, 7) is 2.03. The van der Waals surface area contributed by atoms with Gasteiger partial charge in [0.25, 0.3) is 5.91 Å². The van der Waals surface area contributed by atoms with Crippen molar-refractivity contribution < 1.29 is 28.6 Å². The molecular weight excluding hydrogens is 488 g/mol. The summed E-state index contributed by atoms with van der Waals surface area (Å²) in [6, 6.07) is 19.7. The lowest BCUT2D eigenvalue weighted by atomic mass is 10.1. The van der Waals surface area contributed by atoms with Crippen molar-refractivity contribution in [3.8, 4) is 17.2 Å². The number of ether oxygens (including phenoxy) is 3. The molecule has 0 saturated carbocycles. The number of hydrazone groups is 1. The van der Waals surface area contributed by atoms with E-state index >= 15 is 0 Å². The number of aryl methyl sites for hydroxylation is 1. The van der Waals surface area contributed by atoms with E-state index in [4.69, 9.17) is 14.2 Å². The number of rotatable bonds is 11. The Hall–Kier alpha value is -4.86. The molecule has 0 heterocycles. The smallest absolute Gasteiger partial charge is 0.329 e. The molecule has 3 rings (SSSR count). The molecule has 0 fully saturated rings. The number of hydrogen-bond donors (Lipinski definition) is 3. The standard InChI is InChI=1S/C28H30N4O6/c1-19-6-4-5-7-23(19)31-26(33)18-38-22-11-8-21(9-12-22)17-30-32-28(35)27(34)29-15-14-20-10-13-24(36-2)25(16-20)37-3/h4-13,16-17H,14-15,18H2,1-3H3,(H,29,34)(H,31,33)(H,32,35)/b30-17-. The number of nitrogens with one attached hydrogen (secondary N) is 3. The van der Waals surface area contributed by atoms with E-state index in [1.165, 1.54) is 6.21 Å². The Labute approximate surface area is 221 Å². The topological polar surface area (TPSA) is 127 Å². The number of hydrogen-bond acceptors (Lipinski definition) is 7. The molecule has 3 N–H and O–H groups in total. The van der Waals surface area contributed by atoms with Crippen LogP contribution in [0.25, 0.3) is 0 Å². The van der Waals surface area contributed by atoms with Gasteiger partial charge in [0, 0.05) is 12.2 Å². The van der Waals surface area contributed by atoms with Gasteiger partial charge in [0.2, 0.25) is 0 Å². The highest BCUT2D eigenvalue weighted by molar-refractivity contribution is 6.35. The largest absolute Gasteiger partial charge is 0.493 e. The van der Waals surface area contributed by atoms with Crippen LogP contribution < -0.4 is 30.3 Å². The summed E-state index contributed by atoms with van der Waals surface area (Å²) in [6.07, 6.45) is 1.90. The van der Waals surface area contributed by atoms with E-state index in [1.54, 1.807) is 44.6 Å². The monoisotopic (exact) mass is 518 g/mol. The van der Waals surface area contributed by atoms with Gasteiger partial charge >= 0.3 is 11.8 Å². The predicted octanol–water partition coefficient (Wildman–Crippen LogP) is 2.84. The van der Waals surface area contributed by atoms with Crippen LogP contribution in [-0.2, 0) is 20.8 Å². The highest BCUT2D eigenvalue weighted by Gasteiger charge is 2.12. The van der Waals surface area contributed by atoms with Gasteiger partial charge in [-0.05, 0) is 72.5 Å². The van der Waals surface area contributed by atoms with Crippen LogP contribution in [-0.4, -0.2) is 51.3 Å². The first-order valence-corrected chi connectivity index (χ1v) is 11.8. The van der Waals surface area contributed by atoms with Crippen LogP contribution in [0.1, 0.15) is 16.7 Å². The molecule has 0 spiro atoms. The molecule has 0 aliphatic heterocycles. The van der Waals surface area contributed by atoms with Crippen molar-refractivity contribution in [3.05, 3.63) is 83.4 Å². The Bertz CT molecular complexity index is 1290. The Morgan fingerprint density at radius 1 is 0.895 bits per heavy atom. The summed E-state index contributed by atoms with van der Waals surface area (Å²) >= 11 is 0. The molecule has 38 heavy (non-hydrogen) atoms. The summed E-state index contributed by atoms with van der Waals surface area (Å²) in [5.74, 6) is -0.245. The molecule has 0 unspecified atom stereocenters. The number of benzene rings is 3. The molecule has 0 aromatic heterocycles. The third-order valence-corrected chi connectivity index (χ3v) is 5.40. The van der Waals surface area contributed by atoms with Gasteiger partial charge in [0.15, 0.2) is 18.1 Å². The van der Waals surface area contributed by atoms with Gasteiger partial charge in [-0.3, -0.25) is 14.4 Å². The zero-order valence-corrected chi connectivity index (χ0v) is 21.4. The maximum Gasteiger partial charge on any atom is 0.329 e. The number of nitrogens with zero attached hydrogens (tertiary/aromatic N) is 1. The highest BCUT2D eigenvalue weighted by Crippen LogP contribution is 2.27. The number of para-hydroxylation sites is 1. The van der Waals surface area contributed by atoms with Crippen molar-refractivity contribution in [2.24, 2.45) is 5.10 Å². The molecule has 0 atom stereocenters. The summed E-state index contributed by atoms with van der Waals surface area (Å²) < 4.78 is 16.0. The fourth-order valence-electron chi connectivity index (χ4n) is 3.35. The fraction of sp³-hybridized carbons (Fsp3) is 0.214. The second-order valence-electron chi connectivity index (χ2n) is 8.12. The zero-order chi connectivity index (χ0) is 27.3. The van der Waals surface area contributed by atoms with Crippen LogP contribution in [0.4, 0.5) is 5.69 Å². The second-order valence-corrected chi connectivity index (χ2v) is 8.12. The molecule has 0 saturated heterocycles. The van der Waals surface area contributed by atoms with Crippen LogP contribution in [0.5, 0.6) is 17.2 Å². The van der Waals surface area contributed by atoms with Crippen molar-refractivity contribution in [2.75, 3.05) is 32.7 Å². The number of carbonyl (C=O) groups is 3. The van der Waals surface area contributed by atoms with E-state index in [1.807, 2.05) is 43.3 Å². The van der Waals surface area contributed by atoms with Crippen molar-refractivity contribution in [2.45, 2.75) is 13.3 Å². The number of carbonyl (C=O) groups excluding carboxylic acids is 3. The Kier molecular flexibility index (Phi) is 10.2. The quantitative estimate of drug-likeness (QED) is 0.204. The van der Waals surface area contributed by atoms with Crippen LogP contribution in [0.3, 0.4) is 0 Å². The molecule has 0 aliphatic rings. The van der Waals surface area contributed by atoms with Crippen LogP contribution in [0, 0.1) is 6.92 Å². The molecule has 3 aromatic rings. The third kappa shape index (κ3) is 8.37. The molecular formula is C28H30N4O6. The first kappa shape index (κ1) is 27.7. The van der Waals surface area contributed by atoms with E-state index in [0.29, 0.717) is 29.2 Å². The molecule has 0 aliphatic carbocycles. The minimum Gasteiger partial charge on any atom is -0.493 e. The Morgan fingerprint density at radius 2 is 1.63 bits per heavy atom. The van der Waals surface area contributed by atoms with E-state index in [2.05, 4.69) is 21.2 Å². The SMILES string of the molecule is COc1ccc(CCNC(=O)C(=O)N/N=C\c2ccc(OCC(=O)Nc3ccccc3C)cc2)cc1OC. The van der Waals surface area contributed by atoms with Gasteiger partial charge < -0.3 is 24.8 Å². The zero-order valence-electron chi connectivity index (χ0n) is 21.4. The van der Waals surface area contributed by atoms with Crippen molar-refractivity contribution in [3.63, 3.8) is 0 Å². The summed E-state index contributed by atoms with van der Waals surface area (Å²) in [4.78, 5) is 36.1.